The SMILES string of the molecule is NC(=O)c1ccnc(-c2cc3c4c(ccc3c3ccccc23)CCCC4)c1. The summed E-state index contributed by atoms with van der Waals surface area (Å²) in [5.41, 5.74) is 10.8. The largest absolute Gasteiger partial charge is 0.366 e. The fourth-order valence-electron chi connectivity index (χ4n) is 4.37. The van der Waals surface area contributed by atoms with E-state index >= 15 is 0 Å². The molecular weight excluding hydrogens is 332 g/mol. The molecule has 3 heteroatoms. The molecule has 0 bridgehead atoms. The summed E-state index contributed by atoms with van der Waals surface area (Å²) >= 11 is 0. The molecular formula is C24H20N2O. The molecule has 3 aromatic carbocycles. The summed E-state index contributed by atoms with van der Waals surface area (Å²) in [7, 11) is 0. The predicted octanol–water partition coefficient (Wildman–Crippen LogP) is 5.03. The van der Waals surface area contributed by atoms with E-state index in [1.807, 2.05) is 6.07 Å². The van der Waals surface area contributed by atoms with E-state index < -0.39 is 5.91 Å². The second-order valence-corrected chi connectivity index (χ2v) is 7.27. The highest BCUT2D eigenvalue weighted by atomic mass is 16.1. The number of amides is 1. The van der Waals surface area contributed by atoms with Crippen LogP contribution >= 0.6 is 0 Å². The fourth-order valence-corrected chi connectivity index (χ4v) is 4.37. The number of aryl methyl sites for hydroxylation is 2. The van der Waals surface area contributed by atoms with Gasteiger partial charge in [-0.05, 0) is 76.6 Å². The van der Waals surface area contributed by atoms with Gasteiger partial charge in [-0.2, -0.15) is 0 Å². The van der Waals surface area contributed by atoms with Crippen LogP contribution in [0.1, 0.15) is 34.3 Å². The third-order valence-electron chi connectivity index (χ3n) is 5.69. The topological polar surface area (TPSA) is 56.0 Å². The van der Waals surface area contributed by atoms with Gasteiger partial charge in [0.05, 0.1) is 5.69 Å². The van der Waals surface area contributed by atoms with Crippen molar-refractivity contribution in [2.45, 2.75) is 25.7 Å². The first-order valence-electron chi connectivity index (χ1n) is 9.45. The minimum atomic E-state index is -0.430. The van der Waals surface area contributed by atoms with Crippen LogP contribution in [0.2, 0.25) is 0 Å². The summed E-state index contributed by atoms with van der Waals surface area (Å²) in [5, 5.41) is 4.98. The first-order valence-corrected chi connectivity index (χ1v) is 9.45. The molecule has 0 unspecified atom stereocenters. The number of aromatic nitrogens is 1. The Morgan fingerprint density at radius 3 is 2.48 bits per heavy atom. The Kier molecular flexibility index (Phi) is 3.68. The van der Waals surface area contributed by atoms with Gasteiger partial charge in [0.15, 0.2) is 0 Å². The van der Waals surface area contributed by atoms with Crippen LogP contribution in [0.15, 0.2) is 60.8 Å². The predicted molar refractivity (Wildman–Crippen MR) is 110 cm³/mol. The Morgan fingerprint density at radius 1 is 0.852 bits per heavy atom. The van der Waals surface area contributed by atoms with Crippen LogP contribution in [0.3, 0.4) is 0 Å². The Labute approximate surface area is 157 Å². The summed E-state index contributed by atoms with van der Waals surface area (Å²) in [6.07, 6.45) is 6.45. The number of fused-ring (bicyclic) bond motifs is 5. The van der Waals surface area contributed by atoms with Crippen LogP contribution in [0.5, 0.6) is 0 Å². The minimum Gasteiger partial charge on any atom is -0.366 e. The second kappa shape index (κ2) is 6.20. The highest BCUT2D eigenvalue weighted by molar-refractivity contribution is 6.14. The van der Waals surface area contributed by atoms with Crippen molar-refractivity contribution in [1.29, 1.82) is 0 Å². The first-order chi connectivity index (χ1) is 13.2. The number of nitrogens with two attached hydrogens (primary N) is 1. The third-order valence-corrected chi connectivity index (χ3v) is 5.69. The average Bonchev–Trinajstić information content (AvgIpc) is 2.73. The van der Waals surface area contributed by atoms with Gasteiger partial charge in [0.25, 0.3) is 0 Å². The molecule has 3 nitrogen and oxygen atoms in total. The molecule has 0 fully saturated rings. The number of rotatable bonds is 2. The van der Waals surface area contributed by atoms with Gasteiger partial charge in [-0.25, -0.2) is 0 Å². The highest BCUT2D eigenvalue weighted by Crippen LogP contribution is 2.38. The number of primary amides is 1. The maximum absolute atomic E-state index is 11.6. The number of carbonyl (C=O) groups excluding carboxylic acids is 1. The molecule has 4 aromatic rings. The summed E-state index contributed by atoms with van der Waals surface area (Å²) in [6.45, 7) is 0. The van der Waals surface area contributed by atoms with Crippen molar-refractivity contribution in [1.82, 2.24) is 4.98 Å². The van der Waals surface area contributed by atoms with Crippen LogP contribution < -0.4 is 5.73 Å². The molecule has 0 spiro atoms. The van der Waals surface area contributed by atoms with Crippen molar-refractivity contribution in [2.75, 3.05) is 0 Å². The van der Waals surface area contributed by atoms with Gasteiger partial charge >= 0.3 is 0 Å². The molecule has 5 rings (SSSR count). The van der Waals surface area contributed by atoms with Gasteiger partial charge < -0.3 is 5.73 Å². The molecule has 2 N–H and O–H groups in total. The van der Waals surface area contributed by atoms with Crippen LogP contribution in [-0.4, -0.2) is 10.9 Å². The van der Waals surface area contributed by atoms with E-state index in [9.17, 15) is 4.79 Å². The zero-order chi connectivity index (χ0) is 18.4. The second-order valence-electron chi connectivity index (χ2n) is 7.27. The van der Waals surface area contributed by atoms with Crippen molar-refractivity contribution in [2.24, 2.45) is 5.73 Å². The van der Waals surface area contributed by atoms with Gasteiger partial charge in [-0.1, -0.05) is 36.4 Å². The van der Waals surface area contributed by atoms with Crippen LogP contribution in [-0.2, 0) is 12.8 Å². The zero-order valence-corrected chi connectivity index (χ0v) is 15.0. The molecule has 1 amide bonds. The van der Waals surface area contributed by atoms with E-state index in [0.717, 1.165) is 29.5 Å². The van der Waals surface area contributed by atoms with E-state index in [2.05, 4.69) is 41.4 Å². The maximum Gasteiger partial charge on any atom is 0.248 e. The molecule has 1 aliphatic rings. The van der Waals surface area contributed by atoms with Crippen molar-refractivity contribution in [3.63, 3.8) is 0 Å². The standard InChI is InChI=1S/C24H20N2O/c25-24(27)16-11-12-26-23(13-16)22-14-21-17-6-2-1-5-15(17)9-10-20(21)18-7-3-4-8-19(18)22/h3-4,7-14H,1-2,5-6H2,(H2,25,27). The van der Waals surface area contributed by atoms with Crippen molar-refractivity contribution < 1.29 is 4.79 Å². The molecule has 27 heavy (non-hydrogen) atoms. The summed E-state index contributed by atoms with van der Waals surface area (Å²) in [4.78, 5) is 16.2. The number of pyridine rings is 1. The van der Waals surface area contributed by atoms with E-state index in [-0.39, 0.29) is 0 Å². The van der Waals surface area contributed by atoms with E-state index in [1.54, 1.807) is 18.3 Å². The van der Waals surface area contributed by atoms with Gasteiger partial charge in [0.1, 0.15) is 0 Å². The minimum absolute atomic E-state index is 0.430. The zero-order valence-electron chi connectivity index (χ0n) is 15.0. The Balaban J connectivity index is 1.88. The molecule has 1 heterocycles. The van der Waals surface area contributed by atoms with E-state index in [4.69, 9.17) is 5.73 Å². The van der Waals surface area contributed by atoms with Crippen molar-refractivity contribution in [3.05, 3.63) is 77.5 Å². The number of carbonyl (C=O) groups is 1. The lowest BCUT2D eigenvalue weighted by Gasteiger charge is -2.20. The summed E-state index contributed by atoms with van der Waals surface area (Å²) in [6, 6.07) is 18.7. The first kappa shape index (κ1) is 16.0. The highest BCUT2D eigenvalue weighted by Gasteiger charge is 2.17. The molecule has 0 atom stereocenters. The monoisotopic (exact) mass is 352 g/mol. The third kappa shape index (κ3) is 2.58. The molecule has 0 saturated heterocycles. The summed E-state index contributed by atoms with van der Waals surface area (Å²) < 4.78 is 0. The van der Waals surface area contributed by atoms with Crippen molar-refractivity contribution in [3.8, 4) is 11.3 Å². The summed E-state index contributed by atoms with van der Waals surface area (Å²) in [5.74, 6) is -0.430. The maximum atomic E-state index is 11.6. The van der Waals surface area contributed by atoms with Gasteiger partial charge in [0, 0.05) is 17.3 Å². The van der Waals surface area contributed by atoms with Crippen LogP contribution in [0, 0.1) is 0 Å². The molecule has 0 aliphatic heterocycles. The van der Waals surface area contributed by atoms with Crippen molar-refractivity contribution >= 4 is 27.5 Å². The lowest BCUT2D eigenvalue weighted by Crippen LogP contribution is -2.11. The Bertz CT molecular complexity index is 1210. The molecule has 0 radical (unpaired) electrons. The lowest BCUT2D eigenvalue weighted by molar-refractivity contribution is 0.1000. The Morgan fingerprint density at radius 2 is 1.63 bits per heavy atom. The molecule has 1 aliphatic carbocycles. The van der Waals surface area contributed by atoms with Gasteiger partial charge in [0.2, 0.25) is 5.91 Å². The fraction of sp³-hybridized carbons (Fsp3) is 0.167. The Hall–Kier alpha value is -3.20. The van der Waals surface area contributed by atoms with Gasteiger partial charge in [-0.3, -0.25) is 9.78 Å². The van der Waals surface area contributed by atoms with E-state index in [0.29, 0.717) is 5.56 Å². The van der Waals surface area contributed by atoms with Crippen LogP contribution in [0.25, 0.3) is 32.8 Å². The molecule has 1 aromatic heterocycles. The van der Waals surface area contributed by atoms with Crippen LogP contribution in [0.4, 0.5) is 0 Å². The number of benzene rings is 3. The lowest BCUT2D eigenvalue weighted by atomic mass is 9.85. The number of nitrogens with zero attached hydrogens (tertiary/aromatic N) is 1. The normalized spacial score (nSPS) is 13.6. The number of hydrogen-bond donors (Lipinski definition) is 1. The van der Waals surface area contributed by atoms with Gasteiger partial charge in [-0.15, -0.1) is 0 Å². The molecule has 132 valence electrons. The number of hydrogen-bond acceptors (Lipinski definition) is 2. The average molecular weight is 352 g/mol. The molecule has 0 saturated carbocycles. The smallest absolute Gasteiger partial charge is 0.248 e. The quantitative estimate of drug-likeness (QED) is 0.514. The van der Waals surface area contributed by atoms with E-state index in [1.165, 1.54) is 40.1 Å².